The molecule has 1 aliphatic heterocycles. The summed E-state index contributed by atoms with van der Waals surface area (Å²) in [4.78, 5) is 25.8. The van der Waals surface area contributed by atoms with Gasteiger partial charge in [0.15, 0.2) is 0 Å². The summed E-state index contributed by atoms with van der Waals surface area (Å²) in [6, 6.07) is 19.3. The van der Waals surface area contributed by atoms with Crippen molar-refractivity contribution in [2.24, 2.45) is 0 Å². The first-order chi connectivity index (χ1) is 11.7. The summed E-state index contributed by atoms with van der Waals surface area (Å²) in [5.74, 6) is 0.176. The number of nitrogens with zero attached hydrogens (tertiary/aromatic N) is 1. The molecule has 1 unspecified atom stereocenters. The summed E-state index contributed by atoms with van der Waals surface area (Å²) in [6.45, 7) is 0.276. The van der Waals surface area contributed by atoms with Crippen molar-refractivity contribution < 1.29 is 14.3 Å². The Balaban J connectivity index is 1.52. The highest BCUT2D eigenvalue weighted by Crippen LogP contribution is 2.25. The molecule has 2 aromatic rings. The summed E-state index contributed by atoms with van der Waals surface area (Å²) < 4.78 is 5.14. The molecule has 124 valence electrons. The van der Waals surface area contributed by atoms with E-state index in [0.717, 1.165) is 18.5 Å². The molecule has 1 aliphatic rings. The fourth-order valence-electron chi connectivity index (χ4n) is 3.01. The van der Waals surface area contributed by atoms with Gasteiger partial charge in [-0.25, -0.2) is 4.79 Å². The van der Waals surface area contributed by atoms with Crippen molar-refractivity contribution in [3.8, 4) is 0 Å². The van der Waals surface area contributed by atoms with E-state index in [1.54, 1.807) is 4.90 Å². The summed E-state index contributed by atoms with van der Waals surface area (Å²) in [6.07, 6.45) is 2.23. The highest BCUT2D eigenvalue weighted by atomic mass is 16.6. The number of ketones is 1. The van der Waals surface area contributed by atoms with Crippen LogP contribution in [0.1, 0.15) is 24.8 Å². The molecule has 0 saturated carbocycles. The number of cyclic esters (lactones) is 1. The SMILES string of the molecule is O=C(CCCc1ccccc1)CC1COC(=O)N1c1ccccc1. The molecule has 1 saturated heterocycles. The predicted octanol–water partition coefficient (Wildman–Crippen LogP) is 3.99. The molecule has 1 fully saturated rings. The Morgan fingerprint density at radius 1 is 1.04 bits per heavy atom. The number of hydrogen-bond acceptors (Lipinski definition) is 3. The molecule has 0 bridgehead atoms. The average Bonchev–Trinajstić information content (AvgIpc) is 2.97. The van der Waals surface area contributed by atoms with Gasteiger partial charge in [-0.1, -0.05) is 48.5 Å². The van der Waals surface area contributed by atoms with E-state index >= 15 is 0 Å². The normalized spacial score (nSPS) is 16.9. The zero-order valence-corrected chi connectivity index (χ0v) is 13.6. The van der Waals surface area contributed by atoms with Crippen LogP contribution >= 0.6 is 0 Å². The van der Waals surface area contributed by atoms with Gasteiger partial charge in [-0.2, -0.15) is 0 Å². The Bertz CT molecular complexity index is 685. The third kappa shape index (κ3) is 4.02. The van der Waals surface area contributed by atoms with Crippen molar-refractivity contribution >= 4 is 17.6 Å². The summed E-state index contributed by atoms with van der Waals surface area (Å²) >= 11 is 0. The average molecular weight is 323 g/mol. The minimum Gasteiger partial charge on any atom is -0.447 e. The number of carbonyl (C=O) groups excluding carboxylic acids is 2. The van der Waals surface area contributed by atoms with Gasteiger partial charge in [0.2, 0.25) is 0 Å². The Morgan fingerprint density at radius 3 is 2.42 bits per heavy atom. The van der Waals surface area contributed by atoms with Gasteiger partial charge in [-0.05, 0) is 30.5 Å². The number of rotatable bonds is 7. The van der Waals surface area contributed by atoms with Crippen LogP contribution in [0.3, 0.4) is 0 Å². The van der Waals surface area contributed by atoms with Crippen LogP contribution in [0.25, 0.3) is 0 Å². The van der Waals surface area contributed by atoms with Crippen molar-refractivity contribution in [3.63, 3.8) is 0 Å². The summed E-state index contributed by atoms with van der Waals surface area (Å²) in [5.41, 5.74) is 2.03. The maximum atomic E-state index is 12.3. The first kappa shape index (κ1) is 16.2. The molecule has 24 heavy (non-hydrogen) atoms. The monoisotopic (exact) mass is 323 g/mol. The van der Waals surface area contributed by atoms with E-state index in [1.807, 2.05) is 48.5 Å². The Kier molecular flexibility index (Phi) is 5.26. The van der Waals surface area contributed by atoms with Crippen LogP contribution in [0.5, 0.6) is 0 Å². The smallest absolute Gasteiger partial charge is 0.414 e. The van der Waals surface area contributed by atoms with Crippen molar-refractivity contribution in [1.29, 1.82) is 0 Å². The quantitative estimate of drug-likeness (QED) is 0.774. The highest BCUT2D eigenvalue weighted by Gasteiger charge is 2.35. The van der Waals surface area contributed by atoms with Gasteiger partial charge < -0.3 is 4.74 Å². The third-order valence-electron chi connectivity index (χ3n) is 4.22. The molecule has 2 aromatic carbocycles. The van der Waals surface area contributed by atoms with E-state index in [1.165, 1.54) is 5.56 Å². The maximum absolute atomic E-state index is 12.3. The molecule has 3 rings (SSSR count). The number of anilines is 1. The van der Waals surface area contributed by atoms with Crippen LogP contribution in [-0.2, 0) is 16.0 Å². The topological polar surface area (TPSA) is 46.6 Å². The maximum Gasteiger partial charge on any atom is 0.414 e. The van der Waals surface area contributed by atoms with E-state index < -0.39 is 0 Å². The molecule has 1 atom stereocenters. The van der Waals surface area contributed by atoms with E-state index in [0.29, 0.717) is 12.8 Å². The Morgan fingerprint density at radius 2 is 1.71 bits per heavy atom. The molecule has 4 nitrogen and oxygen atoms in total. The lowest BCUT2D eigenvalue weighted by molar-refractivity contribution is -0.119. The van der Waals surface area contributed by atoms with Crippen molar-refractivity contribution in [1.82, 2.24) is 0 Å². The zero-order chi connectivity index (χ0) is 16.8. The molecular formula is C20H21NO3. The van der Waals surface area contributed by atoms with Crippen LogP contribution in [-0.4, -0.2) is 24.5 Å². The summed E-state index contributed by atoms with van der Waals surface area (Å²) in [7, 11) is 0. The van der Waals surface area contributed by atoms with Gasteiger partial charge in [0.1, 0.15) is 12.4 Å². The van der Waals surface area contributed by atoms with Crippen molar-refractivity contribution in [2.45, 2.75) is 31.7 Å². The van der Waals surface area contributed by atoms with Gasteiger partial charge in [-0.15, -0.1) is 0 Å². The van der Waals surface area contributed by atoms with Crippen molar-refractivity contribution in [3.05, 3.63) is 66.2 Å². The third-order valence-corrected chi connectivity index (χ3v) is 4.22. The fourth-order valence-corrected chi connectivity index (χ4v) is 3.01. The molecule has 0 spiro atoms. The molecular weight excluding hydrogens is 302 g/mol. The largest absolute Gasteiger partial charge is 0.447 e. The van der Waals surface area contributed by atoms with Crippen LogP contribution in [0.2, 0.25) is 0 Å². The van der Waals surface area contributed by atoms with E-state index in [9.17, 15) is 9.59 Å². The molecule has 0 N–H and O–H groups in total. The second kappa shape index (κ2) is 7.77. The van der Waals surface area contributed by atoms with E-state index in [4.69, 9.17) is 4.74 Å². The second-order valence-electron chi connectivity index (χ2n) is 6.02. The van der Waals surface area contributed by atoms with Crippen molar-refractivity contribution in [2.75, 3.05) is 11.5 Å². The molecule has 1 heterocycles. The van der Waals surface area contributed by atoms with Crippen LogP contribution in [0.15, 0.2) is 60.7 Å². The van der Waals surface area contributed by atoms with Gasteiger partial charge in [0, 0.05) is 18.5 Å². The zero-order valence-electron chi connectivity index (χ0n) is 13.6. The minimum atomic E-state index is -0.372. The number of benzene rings is 2. The lowest BCUT2D eigenvalue weighted by Crippen LogP contribution is -2.35. The summed E-state index contributed by atoms with van der Waals surface area (Å²) in [5, 5.41) is 0. The Labute approximate surface area is 142 Å². The van der Waals surface area contributed by atoms with E-state index in [-0.39, 0.29) is 24.5 Å². The molecule has 0 aromatic heterocycles. The number of hydrogen-bond donors (Lipinski definition) is 0. The minimum absolute atomic E-state index is 0.176. The molecule has 0 radical (unpaired) electrons. The predicted molar refractivity (Wildman–Crippen MR) is 93.1 cm³/mol. The number of ether oxygens (including phenoxy) is 1. The molecule has 1 amide bonds. The number of amides is 1. The second-order valence-corrected chi connectivity index (χ2v) is 6.02. The lowest BCUT2D eigenvalue weighted by atomic mass is 10.0. The van der Waals surface area contributed by atoms with Crippen LogP contribution in [0, 0.1) is 0 Å². The number of para-hydroxylation sites is 1. The van der Waals surface area contributed by atoms with E-state index in [2.05, 4.69) is 12.1 Å². The Hall–Kier alpha value is -2.62. The highest BCUT2D eigenvalue weighted by molar-refractivity contribution is 5.92. The fraction of sp³-hybridized carbons (Fsp3) is 0.300. The number of carbonyl (C=O) groups is 2. The molecule has 4 heteroatoms. The van der Waals surface area contributed by atoms with Gasteiger partial charge in [0.25, 0.3) is 0 Å². The first-order valence-electron chi connectivity index (χ1n) is 8.30. The standard InChI is InChI=1S/C20H21NO3/c22-19(13-7-10-16-8-3-1-4-9-16)14-18-15-24-20(23)21(18)17-11-5-2-6-12-17/h1-6,8-9,11-12,18H,7,10,13-15H2. The molecule has 0 aliphatic carbocycles. The number of aryl methyl sites for hydroxylation is 1. The lowest BCUT2D eigenvalue weighted by Gasteiger charge is -2.20. The first-order valence-corrected chi connectivity index (χ1v) is 8.30. The van der Waals surface area contributed by atoms with Gasteiger partial charge in [-0.3, -0.25) is 9.69 Å². The van der Waals surface area contributed by atoms with Crippen LogP contribution < -0.4 is 4.90 Å². The van der Waals surface area contributed by atoms with Gasteiger partial charge >= 0.3 is 6.09 Å². The number of Topliss-reactive ketones (excluding diaryl/α,β-unsaturated/α-hetero) is 1. The van der Waals surface area contributed by atoms with Crippen LogP contribution in [0.4, 0.5) is 10.5 Å². The van der Waals surface area contributed by atoms with Gasteiger partial charge in [0.05, 0.1) is 6.04 Å².